The Morgan fingerprint density at radius 3 is 2.54 bits per heavy atom. The fourth-order valence-corrected chi connectivity index (χ4v) is 2.90. The largest absolute Gasteiger partial charge is 0.326 e. The Balaban J connectivity index is 2.37. The minimum Gasteiger partial charge on any atom is -0.326 e. The summed E-state index contributed by atoms with van der Waals surface area (Å²) in [6, 6.07) is 10.1. The molecule has 0 aliphatic rings. The maximum atomic E-state index is 11.6. The van der Waals surface area contributed by atoms with Gasteiger partial charge in [0.2, 0.25) is 0 Å². The smallest absolute Gasteiger partial charge is 0.0804 e. The number of unbranched alkanes of at least 4 members (excludes halogenated alkanes) is 1. The van der Waals surface area contributed by atoms with E-state index in [1.54, 1.807) is 0 Å². The molecule has 0 aromatic heterocycles. The van der Waals surface area contributed by atoms with Gasteiger partial charge in [-0.3, -0.25) is 0 Å². The monoisotopic (exact) mass is 196 g/mol. The molecule has 0 heterocycles. The lowest BCUT2D eigenvalue weighted by molar-refractivity contribution is 0.585. The Morgan fingerprint density at radius 2 is 1.92 bits per heavy atom. The molecule has 0 spiro atoms. The SMILES string of the molecule is CCCC[PH](=O)Cc1ccccc1. The van der Waals surface area contributed by atoms with Gasteiger partial charge < -0.3 is 4.57 Å². The van der Waals surface area contributed by atoms with E-state index < -0.39 is 7.80 Å². The van der Waals surface area contributed by atoms with E-state index in [2.05, 4.69) is 19.1 Å². The van der Waals surface area contributed by atoms with Gasteiger partial charge in [-0.1, -0.05) is 43.7 Å². The Bertz CT molecular complexity index is 256. The summed E-state index contributed by atoms with van der Waals surface area (Å²) in [5.41, 5.74) is 1.21. The molecule has 0 radical (unpaired) electrons. The van der Waals surface area contributed by atoms with Gasteiger partial charge in [-0.15, -0.1) is 0 Å². The van der Waals surface area contributed by atoms with Crippen molar-refractivity contribution >= 4 is 7.80 Å². The highest BCUT2D eigenvalue weighted by Gasteiger charge is 1.99. The van der Waals surface area contributed by atoms with Crippen molar-refractivity contribution in [2.45, 2.75) is 25.9 Å². The molecule has 0 N–H and O–H groups in total. The first-order valence-corrected chi connectivity index (χ1v) is 6.71. The summed E-state index contributed by atoms with van der Waals surface area (Å²) in [6.07, 6.45) is 3.94. The number of hydrogen-bond acceptors (Lipinski definition) is 1. The summed E-state index contributed by atoms with van der Waals surface area (Å²) in [5, 5.41) is 0. The highest BCUT2D eigenvalue weighted by atomic mass is 31.1. The van der Waals surface area contributed by atoms with Gasteiger partial charge >= 0.3 is 0 Å². The molecule has 1 aromatic rings. The van der Waals surface area contributed by atoms with Crippen molar-refractivity contribution in [1.29, 1.82) is 0 Å². The van der Waals surface area contributed by atoms with Crippen LogP contribution in [0.2, 0.25) is 0 Å². The van der Waals surface area contributed by atoms with Crippen LogP contribution in [0.4, 0.5) is 0 Å². The van der Waals surface area contributed by atoms with E-state index in [0.29, 0.717) is 0 Å². The van der Waals surface area contributed by atoms with Crippen molar-refractivity contribution in [2.75, 3.05) is 6.16 Å². The Morgan fingerprint density at radius 1 is 1.23 bits per heavy atom. The van der Waals surface area contributed by atoms with Crippen molar-refractivity contribution in [2.24, 2.45) is 0 Å². The van der Waals surface area contributed by atoms with Crippen LogP contribution in [-0.2, 0) is 10.7 Å². The second-order valence-corrected chi connectivity index (χ2v) is 5.24. The molecule has 0 fully saturated rings. The number of benzene rings is 1. The first-order valence-electron chi connectivity index (χ1n) is 4.88. The summed E-state index contributed by atoms with van der Waals surface area (Å²) >= 11 is 0. The second kappa shape index (κ2) is 5.99. The van der Waals surface area contributed by atoms with Gasteiger partial charge in [0.1, 0.15) is 0 Å². The molecule has 1 nitrogen and oxygen atoms in total. The Hall–Kier alpha value is -0.550. The number of rotatable bonds is 5. The Kier molecular flexibility index (Phi) is 4.85. The Labute approximate surface area is 81.0 Å². The lowest BCUT2D eigenvalue weighted by Crippen LogP contribution is -1.82. The molecule has 1 rings (SSSR count). The number of hydrogen-bond donors (Lipinski definition) is 0. The lowest BCUT2D eigenvalue weighted by Gasteiger charge is -2.00. The molecule has 0 saturated heterocycles. The minimum atomic E-state index is -1.35. The van der Waals surface area contributed by atoms with Crippen LogP contribution in [0.1, 0.15) is 25.3 Å². The zero-order chi connectivity index (χ0) is 9.52. The van der Waals surface area contributed by atoms with Crippen LogP contribution < -0.4 is 0 Å². The molecule has 0 aliphatic carbocycles. The zero-order valence-electron chi connectivity index (χ0n) is 8.12. The molecule has 0 saturated carbocycles. The summed E-state index contributed by atoms with van der Waals surface area (Å²) in [7, 11) is -1.35. The van der Waals surface area contributed by atoms with Gasteiger partial charge in [-0.25, -0.2) is 0 Å². The predicted octanol–water partition coefficient (Wildman–Crippen LogP) is 3.55. The van der Waals surface area contributed by atoms with Crippen LogP contribution in [0.15, 0.2) is 30.3 Å². The van der Waals surface area contributed by atoms with E-state index in [-0.39, 0.29) is 0 Å². The molecule has 1 aromatic carbocycles. The van der Waals surface area contributed by atoms with Crippen molar-refractivity contribution < 1.29 is 4.57 Å². The highest BCUT2D eigenvalue weighted by molar-refractivity contribution is 7.43. The van der Waals surface area contributed by atoms with Gasteiger partial charge in [0.25, 0.3) is 0 Å². The van der Waals surface area contributed by atoms with Gasteiger partial charge in [-0.05, 0) is 18.1 Å². The second-order valence-electron chi connectivity index (χ2n) is 3.30. The van der Waals surface area contributed by atoms with Crippen molar-refractivity contribution in [3.8, 4) is 0 Å². The molecular weight excluding hydrogens is 179 g/mol. The van der Waals surface area contributed by atoms with E-state index in [9.17, 15) is 4.57 Å². The van der Waals surface area contributed by atoms with Crippen molar-refractivity contribution in [3.63, 3.8) is 0 Å². The van der Waals surface area contributed by atoms with Crippen LogP contribution >= 0.6 is 7.80 Å². The predicted molar refractivity (Wildman–Crippen MR) is 58.9 cm³/mol. The van der Waals surface area contributed by atoms with Crippen LogP contribution in [0.25, 0.3) is 0 Å². The van der Waals surface area contributed by atoms with E-state index >= 15 is 0 Å². The zero-order valence-corrected chi connectivity index (χ0v) is 9.12. The first-order chi connectivity index (χ1) is 6.33. The van der Waals surface area contributed by atoms with Crippen LogP contribution in [0.5, 0.6) is 0 Å². The molecule has 0 aliphatic heterocycles. The van der Waals surface area contributed by atoms with Gasteiger partial charge in [-0.2, -0.15) is 0 Å². The summed E-state index contributed by atoms with van der Waals surface area (Å²) in [5.74, 6) is 0. The van der Waals surface area contributed by atoms with E-state index in [0.717, 1.165) is 25.2 Å². The fraction of sp³-hybridized carbons (Fsp3) is 0.455. The van der Waals surface area contributed by atoms with Gasteiger partial charge in [0.05, 0.1) is 7.80 Å². The topological polar surface area (TPSA) is 17.1 Å². The molecular formula is C11H17OP. The maximum absolute atomic E-state index is 11.6. The standard InChI is InChI=1S/C11H17OP/c1-2-3-9-13(12)10-11-7-5-4-6-8-11/h4-8,13H,2-3,9-10H2,1H3. The van der Waals surface area contributed by atoms with Crippen LogP contribution in [0.3, 0.4) is 0 Å². The summed E-state index contributed by atoms with van der Waals surface area (Å²) in [4.78, 5) is 0. The average Bonchev–Trinajstić information content (AvgIpc) is 2.16. The lowest BCUT2D eigenvalue weighted by atomic mass is 10.2. The normalized spacial score (nSPS) is 12.7. The van der Waals surface area contributed by atoms with E-state index in [1.807, 2.05) is 18.2 Å². The first kappa shape index (κ1) is 10.5. The third-order valence-corrected chi connectivity index (χ3v) is 3.77. The maximum Gasteiger partial charge on any atom is 0.0804 e. The molecule has 0 amide bonds. The fourth-order valence-electron chi connectivity index (χ4n) is 1.29. The molecule has 72 valence electrons. The van der Waals surface area contributed by atoms with E-state index in [4.69, 9.17) is 0 Å². The quantitative estimate of drug-likeness (QED) is 0.658. The average molecular weight is 196 g/mol. The van der Waals surface area contributed by atoms with Crippen molar-refractivity contribution in [1.82, 2.24) is 0 Å². The van der Waals surface area contributed by atoms with Crippen LogP contribution in [-0.4, -0.2) is 6.16 Å². The third kappa shape index (κ3) is 4.28. The van der Waals surface area contributed by atoms with Crippen LogP contribution in [0, 0.1) is 0 Å². The van der Waals surface area contributed by atoms with E-state index in [1.165, 1.54) is 5.56 Å². The molecule has 1 unspecified atom stereocenters. The third-order valence-electron chi connectivity index (χ3n) is 2.05. The highest BCUT2D eigenvalue weighted by Crippen LogP contribution is 2.27. The molecule has 0 bridgehead atoms. The summed E-state index contributed by atoms with van der Waals surface area (Å²) < 4.78 is 11.6. The van der Waals surface area contributed by atoms with Crippen molar-refractivity contribution in [3.05, 3.63) is 35.9 Å². The molecule has 13 heavy (non-hydrogen) atoms. The summed E-state index contributed by atoms with van der Waals surface area (Å²) in [6.45, 7) is 2.14. The van der Waals surface area contributed by atoms with Gasteiger partial charge in [0.15, 0.2) is 0 Å². The molecule has 2 heteroatoms. The minimum absolute atomic E-state index is 0.783. The molecule has 1 atom stereocenters. The van der Waals surface area contributed by atoms with Gasteiger partial charge in [0, 0.05) is 6.16 Å².